The Kier molecular flexibility index (Phi) is 7.43. The van der Waals surface area contributed by atoms with Crippen molar-refractivity contribution >= 4 is 28.6 Å². The molecule has 0 unspecified atom stereocenters. The van der Waals surface area contributed by atoms with Gasteiger partial charge in [0.2, 0.25) is 6.41 Å². The van der Waals surface area contributed by atoms with Gasteiger partial charge in [0.05, 0.1) is 5.70 Å². The van der Waals surface area contributed by atoms with Gasteiger partial charge in [-0.2, -0.15) is 5.26 Å². The van der Waals surface area contributed by atoms with E-state index in [0.29, 0.717) is 27.2 Å². The molecule has 1 amide bonds. The predicted octanol–water partition coefficient (Wildman–Crippen LogP) is 6.53. The van der Waals surface area contributed by atoms with E-state index < -0.39 is 0 Å². The number of carbonyl (C=O) groups excluding carboxylic acids is 1. The molecule has 0 N–H and O–H groups in total. The minimum Gasteiger partial charge on any atom is -0.319 e. The summed E-state index contributed by atoms with van der Waals surface area (Å²) in [6, 6.07) is 16.1. The largest absolute Gasteiger partial charge is 0.319 e. The summed E-state index contributed by atoms with van der Waals surface area (Å²) >= 11 is 1.30. The molecule has 3 fully saturated rings. The van der Waals surface area contributed by atoms with Crippen molar-refractivity contribution in [3.05, 3.63) is 76.0 Å². The Balaban J connectivity index is 1.36. The summed E-state index contributed by atoms with van der Waals surface area (Å²) in [5.41, 5.74) is 5.63. The molecule has 2 aliphatic carbocycles. The van der Waals surface area contributed by atoms with E-state index in [4.69, 9.17) is 4.98 Å². The first-order chi connectivity index (χ1) is 19.4. The van der Waals surface area contributed by atoms with Crippen molar-refractivity contribution < 1.29 is 9.18 Å². The molecule has 0 atom stereocenters. The molecular weight excluding hydrogens is 521 g/mol. The number of aryl methyl sites for hydroxylation is 1. The van der Waals surface area contributed by atoms with Gasteiger partial charge in [-0.15, -0.1) is 0 Å². The average molecular weight is 556 g/mol. The van der Waals surface area contributed by atoms with Crippen molar-refractivity contribution in [1.82, 2.24) is 14.8 Å². The second-order valence-corrected chi connectivity index (χ2v) is 12.2. The van der Waals surface area contributed by atoms with Gasteiger partial charge in [0.15, 0.2) is 5.13 Å². The Morgan fingerprint density at radius 2 is 1.82 bits per heavy atom. The molecule has 1 aromatic heterocycles. The Morgan fingerprint density at radius 1 is 1.10 bits per heavy atom. The maximum absolute atomic E-state index is 13.6. The van der Waals surface area contributed by atoms with E-state index in [1.54, 1.807) is 17.0 Å². The molecule has 2 saturated carbocycles. The third kappa shape index (κ3) is 5.54. The number of halogens is 1. The lowest BCUT2D eigenvalue weighted by atomic mass is 9.87. The van der Waals surface area contributed by atoms with Gasteiger partial charge in [-0.3, -0.25) is 4.79 Å². The van der Waals surface area contributed by atoms with Crippen molar-refractivity contribution in [2.75, 3.05) is 25.0 Å². The molecule has 0 spiro atoms. The number of benzene rings is 2. The van der Waals surface area contributed by atoms with Gasteiger partial charge in [0.25, 0.3) is 0 Å². The number of nitrogens with zero attached hydrogens (tertiary/aromatic N) is 5. The lowest BCUT2D eigenvalue weighted by Gasteiger charge is -2.33. The number of anilines is 1. The minimum absolute atomic E-state index is 0.219. The predicted molar refractivity (Wildman–Crippen MR) is 157 cm³/mol. The molecule has 2 heterocycles. The van der Waals surface area contributed by atoms with Gasteiger partial charge in [0.1, 0.15) is 22.5 Å². The van der Waals surface area contributed by atoms with Crippen LogP contribution < -0.4 is 4.90 Å². The maximum Gasteiger partial charge on any atom is 0.213 e. The molecule has 1 aliphatic heterocycles. The summed E-state index contributed by atoms with van der Waals surface area (Å²) in [6.07, 6.45) is 9.86. The normalized spacial score (nSPS) is 18.4. The molecule has 8 heteroatoms. The molecule has 6 rings (SSSR count). The number of aromatic nitrogens is 1. The summed E-state index contributed by atoms with van der Waals surface area (Å²) in [6.45, 7) is 4.42. The first-order valence-electron chi connectivity index (χ1n) is 14.1. The van der Waals surface area contributed by atoms with Gasteiger partial charge in [0, 0.05) is 36.5 Å². The topological polar surface area (TPSA) is 63.5 Å². The summed E-state index contributed by atoms with van der Waals surface area (Å²) in [5, 5.41) is 10.5. The van der Waals surface area contributed by atoms with Crippen LogP contribution in [0.25, 0.3) is 17.0 Å². The molecule has 0 bridgehead atoms. The summed E-state index contributed by atoms with van der Waals surface area (Å²) in [7, 11) is 1.94. The van der Waals surface area contributed by atoms with E-state index in [2.05, 4.69) is 36.1 Å². The molecule has 3 aliphatic rings. The van der Waals surface area contributed by atoms with Gasteiger partial charge in [-0.25, -0.2) is 9.37 Å². The fourth-order valence-electron chi connectivity index (χ4n) is 5.71. The van der Waals surface area contributed by atoms with E-state index in [1.807, 2.05) is 18.1 Å². The van der Waals surface area contributed by atoms with Crippen LogP contribution in [0.1, 0.15) is 66.0 Å². The van der Waals surface area contributed by atoms with E-state index in [0.717, 1.165) is 68.0 Å². The molecule has 1 saturated heterocycles. The summed E-state index contributed by atoms with van der Waals surface area (Å²) in [4.78, 5) is 23.8. The summed E-state index contributed by atoms with van der Waals surface area (Å²) < 4.78 is 13.6. The first-order valence-corrected chi connectivity index (χ1v) is 15.0. The van der Waals surface area contributed by atoms with E-state index in [1.165, 1.54) is 41.9 Å². The van der Waals surface area contributed by atoms with Crippen molar-refractivity contribution in [2.24, 2.45) is 0 Å². The Morgan fingerprint density at radius 3 is 2.45 bits per heavy atom. The van der Waals surface area contributed by atoms with E-state index >= 15 is 0 Å². The number of amides is 1. The van der Waals surface area contributed by atoms with Gasteiger partial charge in [-0.05, 0) is 106 Å². The average Bonchev–Trinajstić information content (AvgIpc) is 3.92. The van der Waals surface area contributed by atoms with Crippen molar-refractivity contribution in [2.45, 2.75) is 63.5 Å². The van der Waals surface area contributed by atoms with Crippen LogP contribution in [0.15, 0.2) is 48.7 Å². The zero-order valence-electron chi connectivity index (χ0n) is 23.0. The lowest BCUT2D eigenvalue weighted by molar-refractivity contribution is -0.116. The highest BCUT2D eigenvalue weighted by Crippen LogP contribution is 2.39. The number of nitriles is 1. The fourth-order valence-corrected chi connectivity index (χ4v) is 6.57. The van der Waals surface area contributed by atoms with Gasteiger partial charge < -0.3 is 14.7 Å². The number of hydrogen-bond donors (Lipinski definition) is 0. The smallest absolute Gasteiger partial charge is 0.213 e. The molecule has 40 heavy (non-hydrogen) atoms. The number of likely N-dealkylation sites (tertiary alicyclic amines) is 1. The Bertz CT molecular complexity index is 1460. The Hall–Kier alpha value is -3.54. The molecule has 206 valence electrons. The first kappa shape index (κ1) is 26.7. The number of rotatable bonds is 9. The third-order valence-corrected chi connectivity index (χ3v) is 9.48. The van der Waals surface area contributed by atoms with Crippen LogP contribution in [0.4, 0.5) is 9.52 Å². The van der Waals surface area contributed by atoms with Crippen LogP contribution >= 0.6 is 11.3 Å². The highest BCUT2D eigenvalue weighted by Gasteiger charge is 2.33. The molecule has 2 aromatic carbocycles. The maximum atomic E-state index is 13.6. The van der Waals surface area contributed by atoms with Crippen molar-refractivity contribution in [3.8, 4) is 17.3 Å². The highest BCUT2D eigenvalue weighted by molar-refractivity contribution is 7.16. The fraction of sp³-hybridized carbons (Fsp3) is 0.406. The van der Waals surface area contributed by atoms with E-state index in [-0.39, 0.29) is 11.9 Å². The second kappa shape index (κ2) is 11.1. The van der Waals surface area contributed by atoms with Gasteiger partial charge in [-0.1, -0.05) is 23.5 Å². The molecule has 0 radical (unpaired) electrons. The van der Waals surface area contributed by atoms with Crippen LogP contribution in [0.2, 0.25) is 0 Å². The number of piperidine rings is 1. The number of hydrogen-bond acceptors (Lipinski definition) is 6. The van der Waals surface area contributed by atoms with Crippen LogP contribution in [-0.2, 0) is 4.79 Å². The molecule has 6 nitrogen and oxygen atoms in total. The Labute approximate surface area is 239 Å². The highest BCUT2D eigenvalue weighted by atomic mass is 32.1. The SMILES string of the molecule is Cc1ccc(C2CCN(C3CC3)CC2)cc1/C(=C\N(C=O)C1CC1)N(C)c1nc(-c2ccc(F)cc2)c(C#N)s1. The second-order valence-electron chi connectivity index (χ2n) is 11.3. The van der Waals surface area contributed by atoms with E-state index in [9.17, 15) is 14.4 Å². The minimum atomic E-state index is -0.331. The number of thiazole rings is 1. The van der Waals surface area contributed by atoms with Crippen molar-refractivity contribution in [3.63, 3.8) is 0 Å². The summed E-state index contributed by atoms with van der Waals surface area (Å²) in [5.74, 6) is 0.185. The molecular formula is C32H34FN5OS. The zero-order chi connectivity index (χ0) is 27.8. The van der Waals surface area contributed by atoms with Gasteiger partial charge >= 0.3 is 0 Å². The van der Waals surface area contributed by atoms with Crippen LogP contribution in [-0.4, -0.2) is 53.4 Å². The van der Waals surface area contributed by atoms with Crippen LogP contribution in [0.3, 0.4) is 0 Å². The van der Waals surface area contributed by atoms with Crippen molar-refractivity contribution in [1.29, 1.82) is 5.26 Å². The number of carbonyl (C=O) groups is 1. The van der Waals surface area contributed by atoms with Crippen LogP contribution in [0.5, 0.6) is 0 Å². The lowest BCUT2D eigenvalue weighted by Crippen LogP contribution is -2.34. The van der Waals surface area contributed by atoms with Crippen LogP contribution in [0, 0.1) is 24.1 Å². The zero-order valence-corrected chi connectivity index (χ0v) is 23.8. The standard InChI is InChI=1S/C32H34FN5OS/c1-21-3-4-24(22-13-15-37(16-14-22)26-9-10-26)17-28(21)29(19-38(20-39)27-11-12-27)36(2)32-35-31(30(18-34)40-32)23-5-7-25(33)8-6-23/h3-8,17,19-20,22,26-27H,9-16H2,1-2H3/b29-19+. The molecule has 3 aromatic rings. The third-order valence-electron chi connectivity index (χ3n) is 8.45. The quantitative estimate of drug-likeness (QED) is 0.281. The monoisotopic (exact) mass is 555 g/mol.